The van der Waals surface area contributed by atoms with E-state index in [0.29, 0.717) is 22.8 Å². The van der Waals surface area contributed by atoms with Gasteiger partial charge in [0.1, 0.15) is 11.4 Å². The van der Waals surface area contributed by atoms with Crippen molar-refractivity contribution in [2.75, 3.05) is 18.2 Å². The van der Waals surface area contributed by atoms with Crippen LogP contribution in [-0.4, -0.2) is 18.1 Å². The van der Waals surface area contributed by atoms with Crippen molar-refractivity contribution in [1.29, 1.82) is 5.26 Å². The van der Waals surface area contributed by atoms with Crippen molar-refractivity contribution in [3.05, 3.63) is 47.2 Å². The van der Waals surface area contributed by atoms with Gasteiger partial charge in [-0.05, 0) is 30.7 Å². The summed E-state index contributed by atoms with van der Waals surface area (Å²) in [5.74, 6) is -0.208. The molecule has 0 aliphatic rings. The molecular formula is C15H14N4O2. The molecule has 0 aliphatic heterocycles. The average molecular weight is 282 g/mol. The Balaban J connectivity index is 2.45. The number of pyridine rings is 1. The molecule has 6 heteroatoms. The van der Waals surface area contributed by atoms with Crippen molar-refractivity contribution in [3.8, 4) is 6.07 Å². The van der Waals surface area contributed by atoms with Crippen LogP contribution in [0.1, 0.15) is 21.5 Å². The van der Waals surface area contributed by atoms with E-state index in [1.807, 2.05) is 13.0 Å². The van der Waals surface area contributed by atoms with Gasteiger partial charge in [0.2, 0.25) is 0 Å². The van der Waals surface area contributed by atoms with Crippen LogP contribution in [-0.2, 0) is 4.74 Å². The Bertz CT molecular complexity index is 735. The number of nitrogens with two attached hydrogens (primary N) is 1. The minimum Gasteiger partial charge on any atom is -0.465 e. The van der Waals surface area contributed by atoms with Crippen LogP contribution in [0.15, 0.2) is 30.5 Å². The zero-order valence-electron chi connectivity index (χ0n) is 11.7. The summed E-state index contributed by atoms with van der Waals surface area (Å²) >= 11 is 0. The van der Waals surface area contributed by atoms with Gasteiger partial charge in [-0.3, -0.25) is 0 Å². The van der Waals surface area contributed by atoms with Crippen LogP contribution < -0.4 is 11.1 Å². The molecule has 0 radical (unpaired) electrons. The number of carbonyl (C=O) groups is 1. The smallest absolute Gasteiger partial charge is 0.341 e. The number of esters is 1. The number of hydrogen-bond donors (Lipinski definition) is 2. The molecule has 1 heterocycles. The quantitative estimate of drug-likeness (QED) is 0.838. The van der Waals surface area contributed by atoms with E-state index >= 15 is 0 Å². The van der Waals surface area contributed by atoms with E-state index in [1.54, 1.807) is 12.1 Å². The maximum Gasteiger partial charge on any atom is 0.341 e. The Morgan fingerprint density at radius 2 is 2.19 bits per heavy atom. The van der Waals surface area contributed by atoms with Gasteiger partial charge in [-0.25, -0.2) is 9.78 Å². The number of rotatable bonds is 3. The van der Waals surface area contributed by atoms with Crippen LogP contribution in [0.25, 0.3) is 0 Å². The second-order valence-corrected chi connectivity index (χ2v) is 4.42. The first kappa shape index (κ1) is 14.3. The predicted molar refractivity (Wildman–Crippen MR) is 79.2 cm³/mol. The number of nitrogen functional groups attached to an aromatic ring is 1. The molecule has 0 saturated heterocycles. The minimum atomic E-state index is -0.536. The van der Waals surface area contributed by atoms with E-state index in [9.17, 15) is 4.79 Å². The van der Waals surface area contributed by atoms with Crippen LogP contribution in [0.4, 0.5) is 17.2 Å². The molecule has 106 valence electrons. The molecule has 3 N–H and O–H groups in total. The van der Waals surface area contributed by atoms with Crippen molar-refractivity contribution >= 4 is 23.2 Å². The summed E-state index contributed by atoms with van der Waals surface area (Å²) in [7, 11) is 1.29. The minimum absolute atomic E-state index is 0.235. The molecule has 0 atom stereocenters. The summed E-state index contributed by atoms with van der Waals surface area (Å²) in [6, 6.07) is 8.78. The van der Waals surface area contributed by atoms with Gasteiger partial charge < -0.3 is 15.8 Å². The van der Waals surface area contributed by atoms with Gasteiger partial charge in [0.15, 0.2) is 0 Å². The first-order chi connectivity index (χ1) is 10.0. The maximum atomic E-state index is 11.8. The number of nitriles is 1. The summed E-state index contributed by atoms with van der Waals surface area (Å²) in [6.07, 6.45) is 1.44. The number of anilines is 3. The molecule has 0 fully saturated rings. The van der Waals surface area contributed by atoms with E-state index < -0.39 is 5.97 Å². The number of aromatic nitrogens is 1. The van der Waals surface area contributed by atoms with Crippen molar-refractivity contribution < 1.29 is 9.53 Å². The molecule has 6 nitrogen and oxygen atoms in total. The normalized spacial score (nSPS) is 9.76. The van der Waals surface area contributed by atoms with E-state index in [1.165, 1.54) is 19.4 Å². The Hall–Kier alpha value is -3.07. The third kappa shape index (κ3) is 3.09. The molecule has 1 aromatic heterocycles. The lowest BCUT2D eigenvalue weighted by Crippen LogP contribution is -2.09. The predicted octanol–water partition coefficient (Wildman–Crippen LogP) is 2.37. The second kappa shape index (κ2) is 5.92. The molecular weight excluding hydrogens is 268 g/mol. The van der Waals surface area contributed by atoms with Crippen LogP contribution in [0.2, 0.25) is 0 Å². The Labute approximate surface area is 122 Å². The number of ether oxygens (including phenoxy) is 1. The van der Waals surface area contributed by atoms with E-state index in [-0.39, 0.29) is 5.56 Å². The van der Waals surface area contributed by atoms with Gasteiger partial charge >= 0.3 is 5.97 Å². The highest BCUT2D eigenvalue weighted by molar-refractivity contribution is 5.96. The molecule has 0 bridgehead atoms. The summed E-state index contributed by atoms with van der Waals surface area (Å²) in [5.41, 5.74) is 8.37. The fourth-order valence-corrected chi connectivity index (χ4v) is 1.80. The molecule has 1 aromatic carbocycles. The Kier molecular flexibility index (Phi) is 4.05. The first-order valence-electron chi connectivity index (χ1n) is 6.16. The SMILES string of the molecule is COC(=O)c1cc(N)cnc1Nc1cc(C#N)ccc1C. The number of benzene rings is 1. The fourth-order valence-electron chi connectivity index (χ4n) is 1.80. The summed E-state index contributed by atoms with van der Waals surface area (Å²) < 4.78 is 4.72. The summed E-state index contributed by atoms with van der Waals surface area (Å²) in [5, 5.41) is 12.0. The summed E-state index contributed by atoms with van der Waals surface area (Å²) in [6.45, 7) is 1.89. The topological polar surface area (TPSA) is 101 Å². The first-order valence-corrected chi connectivity index (χ1v) is 6.16. The van der Waals surface area contributed by atoms with Crippen molar-refractivity contribution in [3.63, 3.8) is 0 Å². The molecule has 21 heavy (non-hydrogen) atoms. The number of nitrogens with zero attached hydrogens (tertiary/aromatic N) is 2. The lowest BCUT2D eigenvalue weighted by Gasteiger charge is -2.12. The Morgan fingerprint density at radius 3 is 2.86 bits per heavy atom. The standard InChI is InChI=1S/C15H14N4O2/c1-9-3-4-10(7-16)5-13(9)19-14-12(15(20)21-2)6-11(17)8-18-14/h3-6,8H,17H2,1-2H3,(H,18,19). The zero-order chi connectivity index (χ0) is 15.4. The van der Waals surface area contributed by atoms with Crippen molar-refractivity contribution in [2.24, 2.45) is 0 Å². The average Bonchev–Trinajstić information content (AvgIpc) is 2.50. The second-order valence-electron chi connectivity index (χ2n) is 4.42. The van der Waals surface area contributed by atoms with E-state index in [2.05, 4.69) is 16.4 Å². The molecule has 0 unspecified atom stereocenters. The number of hydrogen-bond acceptors (Lipinski definition) is 6. The zero-order valence-corrected chi connectivity index (χ0v) is 11.7. The lowest BCUT2D eigenvalue weighted by atomic mass is 10.1. The number of nitrogens with one attached hydrogen (secondary N) is 1. The van der Waals surface area contributed by atoms with E-state index in [4.69, 9.17) is 15.7 Å². The van der Waals surface area contributed by atoms with Gasteiger partial charge in [0, 0.05) is 5.69 Å². The highest BCUT2D eigenvalue weighted by Crippen LogP contribution is 2.24. The number of aryl methyl sites for hydroxylation is 1. The molecule has 0 amide bonds. The van der Waals surface area contributed by atoms with Crippen LogP contribution in [0.3, 0.4) is 0 Å². The van der Waals surface area contributed by atoms with Gasteiger partial charge in [0.25, 0.3) is 0 Å². The third-order valence-corrected chi connectivity index (χ3v) is 2.93. The fraction of sp³-hybridized carbons (Fsp3) is 0.133. The highest BCUT2D eigenvalue weighted by Gasteiger charge is 2.14. The maximum absolute atomic E-state index is 11.8. The molecule has 0 aliphatic carbocycles. The Morgan fingerprint density at radius 1 is 1.43 bits per heavy atom. The van der Waals surface area contributed by atoms with Crippen molar-refractivity contribution in [1.82, 2.24) is 4.98 Å². The van der Waals surface area contributed by atoms with Crippen molar-refractivity contribution in [2.45, 2.75) is 6.92 Å². The lowest BCUT2D eigenvalue weighted by molar-refractivity contribution is 0.0601. The highest BCUT2D eigenvalue weighted by atomic mass is 16.5. The summed E-state index contributed by atoms with van der Waals surface area (Å²) in [4.78, 5) is 15.9. The molecule has 2 rings (SSSR count). The van der Waals surface area contributed by atoms with E-state index in [0.717, 1.165) is 5.56 Å². The van der Waals surface area contributed by atoms with Gasteiger partial charge in [-0.1, -0.05) is 6.07 Å². The van der Waals surface area contributed by atoms with Gasteiger partial charge in [0.05, 0.1) is 30.6 Å². The van der Waals surface area contributed by atoms with Gasteiger partial charge in [-0.2, -0.15) is 5.26 Å². The number of methoxy groups -OCH3 is 1. The van der Waals surface area contributed by atoms with Crippen LogP contribution in [0, 0.1) is 18.3 Å². The molecule has 0 spiro atoms. The molecule has 2 aromatic rings. The molecule has 0 saturated carbocycles. The van der Waals surface area contributed by atoms with Gasteiger partial charge in [-0.15, -0.1) is 0 Å². The number of carbonyl (C=O) groups excluding carboxylic acids is 1. The van der Waals surface area contributed by atoms with Crippen LogP contribution in [0.5, 0.6) is 0 Å². The monoisotopic (exact) mass is 282 g/mol. The largest absolute Gasteiger partial charge is 0.465 e. The third-order valence-electron chi connectivity index (χ3n) is 2.93. The van der Waals surface area contributed by atoms with Crippen LogP contribution >= 0.6 is 0 Å².